The molecule has 3 aromatic rings. The number of aromatic nitrogens is 1. The molecule has 0 saturated carbocycles. The van der Waals surface area contributed by atoms with Gasteiger partial charge in [0.25, 0.3) is 5.56 Å². The molecule has 8 nitrogen and oxygen atoms in total. The number of hydrogen-bond donors (Lipinski definition) is 1. The molecule has 1 aromatic heterocycles. The molecule has 0 saturated heterocycles. The highest BCUT2D eigenvalue weighted by Gasteiger charge is 2.37. The molecular weight excluding hydrogens is 510 g/mol. The van der Waals surface area contributed by atoms with Crippen LogP contribution in [0.25, 0.3) is 17.0 Å². The van der Waals surface area contributed by atoms with Crippen LogP contribution in [0.3, 0.4) is 0 Å². The van der Waals surface area contributed by atoms with Gasteiger partial charge in [-0.1, -0.05) is 30.4 Å². The molecule has 8 heteroatoms. The summed E-state index contributed by atoms with van der Waals surface area (Å²) in [6.45, 7) is 2.31. The van der Waals surface area contributed by atoms with Gasteiger partial charge in [0.2, 0.25) is 0 Å². The minimum Gasteiger partial charge on any atom is -0.507 e. The van der Waals surface area contributed by atoms with Crippen molar-refractivity contribution in [1.82, 2.24) is 4.57 Å². The van der Waals surface area contributed by atoms with Crippen LogP contribution in [0.2, 0.25) is 0 Å². The van der Waals surface area contributed by atoms with Crippen LogP contribution in [-0.2, 0) is 27.3 Å². The zero-order chi connectivity index (χ0) is 28.0. The van der Waals surface area contributed by atoms with Gasteiger partial charge >= 0.3 is 11.9 Å². The molecule has 0 radical (unpaired) electrons. The second kappa shape index (κ2) is 10.4. The van der Waals surface area contributed by atoms with Crippen molar-refractivity contribution in [2.75, 3.05) is 0 Å². The van der Waals surface area contributed by atoms with Crippen LogP contribution in [-0.4, -0.2) is 33.5 Å². The first-order valence-corrected chi connectivity index (χ1v) is 14.0. The zero-order valence-electron chi connectivity index (χ0n) is 22.4. The summed E-state index contributed by atoms with van der Waals surface area (Å²) in [4.78, 5) is 52.1. The number of carbonyl (C=O) groups is 3. The standard InChI is InChI=1S/C32H31NO7/c1-18-7-5-12-22(34)11-4-2-3-8-20-16-25-28(30(36)27(20)32(38)39-18)23(17-26(35)40-25)24-15-21-10-6-9-19-13-14-33(29(19)21)31(24)37/h3,6,8-10,15-16,18,23,36H,2,4-5,7,11-14,17H2,1H3/t18-,23?/m0/s1. The molecule has 40 heavy (non-hydrogen) atoms. The second-order valence-corrected chi connectivity index (χ2v) is 10.9. The first-order valence-electron chi connectivity index (χ1n) is 14.0. The minimum atomic E-state index is -0.792. The largest absolute Gasteiger partial charge is 0.507 e. The fourth-order valence-electron chi connectivity index (χ4n) is 6.23. The third kappa shape index (κ3) is 4.61. The van der Waals surface area contributed by atoms with Gasteiger partial charge < -0.3 is 19.1 Å². The maximum atomic E-state index is 13.7. The number of nitrogens with zero attached hydrogens (tertiary/aromatic N) is 1. The van der Waals surface area contributed by atoms with E-state index in [0.29, 0.717) is 56.2 Å². The van der Waals surface area contributed by atoms with Crippen molar-refractivity contribution in [2.24, 2.45) is 0 Å². The molecule has 1 unspecified atom stereocenters. The van der Waals surface area contributed by atoms with E-state index < -0.39 is 24.0 Å². The van der Waals surface area contributed by atoms with Gasteiger partial charge in [-0.2, -0.15) is 0 Å². The van der Waals surface area contributed by atoms with Crippen molar-refractivity contribution < 1.29 is 29.0 Å². The monoisotopic (exact) mass is 541 g/mol. The number of benzene rings is 2. The lowest BCUT2D eigenvalue weighted by Gasteiger charge is -2.27. The quantitative estimate of drug-likeness (QED) is 0.333. The van der Waals surface area contributed by atoms with Crippen LogP contribution in [0.1, 0.15) is 90.4 Å². The summed E-state index contributed by atoms with van der Waals surface area (Å²) in [5.74, 6) is -2.05. The number of rotatable bonds is 1. The van der Waals surface area contributed by atoms with Crippen LogP contribution in [0.15, 0.2) is 41.2 Å². The zero-order valence-corrected chi connectivity index (χ0v) is 22.4. The fraction of sp³-hybridized carbons (Fsp3) is 0.375. The molecule has 3 aliphatic heterocycles. The van der Waals surface area contributed by atoms with Crippen molar-refractivity contribution in [3.05, 3.63) is 74.6 Å². The summed E-state index contributed by atoms with van der Waals surface area (Å²) in [5.41, 5.74) is 2.73. The van der Waals surface area contributed by atoms with Gasteiger partial charge in [0.1, 0.15) is 22.8 Å². The fourth-order valence-corrected chi connectivity index (χ4v) is 6.23. The maximum Gasteiger partial charge on any atom is 0.342 e. The molecule has 3 aliphatic rings. The summed E-state index contributed by atoms with van der Waals surface area (Å²) < 4.78 is 13.0. The number of ketones is 1. The molecule has 0 fully saturated rings. The van der Waals surface area contributed by atoms with Crippen LogP contribution in [0, 0.1) is 0 Å². The highest BCUT2D eigenvalue weighted by Crippen LogP contribution is 2.47. The molecule has 6 rings (SSSR count). The van der Waals surface area contributed by atoms with Gasteiger partial charge in [0, 0.05) is 36.4 Å². The Hall–Kier alpha value is -4.20. The first kappa shape index (κ1) is 26.0. The number of phenols is 1. The van der Waals surface area contributed by atoms with E-state index in [9.17, 15) is 24.3 Å². The number of aryl methyl sites for hydroxylation is 2. The predicted molar refractivity (Wildman–Crippen MR) is 149 cm³/mol. The summed E-state index contributed by atoms with van der Waals surface area (Å²) in [5, 5.41) is 12.5. The number of cyclic esters (lactones) is 1. The smallest absolute Gasteiger partial charge is 0.342 e. The van der Waals surface area contributed by atoms with Gasteiger partial charge in [-0.3, -0.25) is 14.4 Å². The SMILES string of the molecule is C[C@H]1CCCC(=O)CCCC=Cc2cc3c(c(O)c2C(=O)O1)C(c1cc2cccc4c2n(c1=O)CC4)CC(=O)O3. The van der Waals surface area contributed by atoms with Crippen LogP contribution < -0.4 is 10.3 Å². The van der Waals surface area contributed by atoms with Crippen molar-refractivity contribution in [1.29, 1.82) is 0 Å². The number of ether oxygens (including phenoxy) is 2. The van der Waals surface area contributed by atoms with E-state index >= 15 is 0 Å². The molecule has 4 heterocycles. The van der Waals surface area contributed by atoms with E-state index in [4.69, 9.17) is 9.47 Å². The highest BCUT2D eigenvalue weighted by atomic mass is 16.5. The molecule has 206 valence electrons. The average molecular weight is 542 g/mol. The van der Waals surface area contributed by atoms with Gasteiger partial charge in [-0.05, 0) is 67.7 Å². The number of carbonyl (C=O) groups excluding carboxylic acids is 3. The lowest BCUT2D eigenvalue weighted by Crippen LogP contribution is -2.29. The maximum absolute atomic E-state index is 13.7. The van der Waals surface area contributed by atoms with Gasteiger partial charge in [0.05, 0.1) is 18.0 Å². The average Bonchev–Trinajstić information content (AvgIpc) is 3.35. The van der Waals surface area contributed by atoms with Crippen molar-refractivity contribution in [3.8, 4) is 11.5 Å². The van der Waals surface area contributed by atoms with E-state index in [-0.39, 0.29) is 40.4 Å². The Labute approximate surface area is 231 Å². The summed E-state index contributed by atoms with van der Waals surface area (Å²) in [6, 6.07) is 9.25. The topological polar surface area (TPSA) is 112 Å². The number of para-hydroxylation sites is 1. The molecule has 1 N–H and O–H groups in total. The molecular formula is C32H31NO7. The molecule has 0 spiro atoms. The predicted octanol–water partition coefficient (Wildman–Crippen LogP) is 5.19. The third-order valence-corrected chi connectivity index (χ3v) is 8.18. The number of fused-ring (bicyclic) bond motifs is 2. The number of esters is 2. The van der Waals surface area contributed by atoms with E-state index in [1.54, 1.807) is 29.7 Å². The lowest BCUT2D eigenvalue weighted by molar-refractivity contribution is -0.135. The Morgan fingerprint density at radius 1 is 1.02 bits per heavy atom. The van der Waals surface area contributed by atoms with E-state index in [2.05, 4.69) is 0 Å². The summed E-state index contributed by atoms with van der Waals surface area (Å²) in [7, 11) is 0. The number of allylic oxidation sites excluding steroid dienone is 1. The Morgan fingerprint density at radius 3 is 2.70 bits per heavy atom. The van der Waals surface area contributed by atoms with E-state index in [0.717, 1.165) is 22.9 Å². The molecule has 2 atom stereocenters. The van der Waals surface area contributed by atoms with E-state index in [1.165, 1.54) is 0 Å². The van der Waals surface area contributed by atoms with E-state index in [1.807, 2.05) is 24.3 Å². The Morgan fingerprint density at radius 2 is 1.85 bits per heavy atom. The number of phenolic OH excluding ortho intramolecular Hbond substituents is 1. The Kier molecular flexibility index (Phi) is 6.78. The van der Waals surface area contributed by atoms with Crippen LogP contribution in [0.5, 0.6) is 11.5 Å². The summed E-state index contributed by atoms with van der Waals surface area (Å²) in [6.07, 6.45) is 6.99. The van der Waals surface area contributed by atoms with Gasteiger partial charge in [-0.15, -0.1) is 0 Å². The normalized spacial score (nSPS) is 21.4. The molecule has 0 amide bonds. The summed E-state index contributed by atoms with van der Waals surface area (Å²) >= 11 is 0. The first-order chi connectivity index (χ1) is 19.3. The molecule has 0 aliphatic carbocycles. The number of Topliss-reactive ketones (excluding diaryl/α,β-unsaturated/α-hetero) is 1. The molecule has 2 aromatic carbocycles. The number of pyridine rings is 1. The minimum absolute atomic E-state index is 0.0225. The number of hydrogen-bond acceptors (Lipinski definition) is 7. The van der Waals surface area contributed by atoms with Gasteiger partial charge in [0.15, 0.2) is 0 Å². The van der Waals surface area contributed by atoms with Crippen molar-refractivity contribution >= 4 is 34.7 Å². The second-order valence-electron chi connectivity index (χ2n) is 10.9. The highest BCUT2D eigenvalue weighted by molar-refractivity contribution is 5.99. The van der Waals surface area contributed by atoms with Gasteiger partial charge in [-0.25, -0.2) is 4.79 Å². The van der Waals surface area contributed by atoms with Crippen LogP contribution >= 0.6 is 0 Å². The number of aromatic hydroxyl groups is 1. The molecule has 0 bridgehead atoms. The lowest BCUT2D eigenvalue weighted by atomic mass is 9.83. The van der Waals surface area contributed by atoms with Crippen molar-refractivity contribution in [2.45, 2.75) is 76.9 Å². The third-order valence-electron chi connectivity index (χ3n) is 8.18. The Balaban J connectivity index is 1.50. The van der Waals surface area contributed by atoms with Crippen molar-refractivity contribution in [3.63, 3.8) is 0 Å². The van der Waals surface area contributed by atoms with Crippen LogP contribution in [0.4, 0.5) is 0 Å². The Bertz CT molecular complexity index is 1650.